The van der Waals surface area contributed by atoms with Gasteiger partial charge in [0.25, 0.3) is 0 Å². The number of amides is 2. The zero-order valence-corrected chi connectivity index (χ0v) is 16.0. The van der Waals surface area contributed by atoms with Crippen molar-refractivity contribution in [2.75, 3.05) is 18.0 Å². The van der Waals surface area contributed by atoms with E-state index in [1.807, 2.05) is 13.8 Å². The van der Waals surface area contributed by atoms with Gasteiger partial charge < -0.3 is 25.6 Å². The van der Waals surface area contributed by atoms with Crippen molar-refractivity contribution in [3.05, 3.63) is 17.8 Å². The van der Waals surface area contributed by atoms with E-state index in [-0.39, 0.29) is 18.3 Å². The number of hydrogen-bond acceptors (Lipinski definition) is 7. The highest BCUT2D eigenvalue weighted by Crippen LogP contribution is 2.29. The second-order valence-corrected chi connectivity index (χ2v) is 7.21. The van der Waals surface area contributed by atoms with Crippen LogP contribution in [0.1, 0.15) is 32.4 Å². The molecule has 0 spiro atoms. The van der Waals surface area contributed by atoms with E-state index in [0.29, 0.717) is 19.4 Å². The molecule has 1 aromatic rings. The van der Waals surface area contributed by atoms with Crippen LogP contribution in [0, 0.1) is 5.92 Å². The number of aromatic nitrogens is 2. The van der Waals surface area contributed by atoms with E-state index in [4.69, 9.17) is 0 Å². The average Bonchev–Trinajstić information content (AvgIpc) is 2.57. The first-order valence-electron chi connectivity index (χ1n) is 9.09. The molecule has 0 aliphatic carbocycles. The average molecular weight is 417 g/mol. The van der Waals surface area contributed by atoms with Crippen molar-refractivity contribution in [2.24, 2.45) is 5.92 Å². The lowest BCUT2D eigenvalue weighted by Crippen LogP contribution is -2.58. The SMILES string of the molecule is CC(C)C[C@@H](NC(=O)CNC(=O)[C@@H]1CCN1c1ccc(C(F)(F)F)nn1)B(O)O. The third kappa shape index (κ3) is 6.29. The molecular formula is C16H23BF3N5O4. The molecule has 2 amide bonds. The van der Waals surface area contributed by atoms with Crippen LogP contribution < -0.4 is 15.5 Å². The van der Waals surface area contributed by atoms with Crippen molar-refractivity contribution in [3.8, 4) is 0 Å². The summed E-state index contributed by atoms with van der Waals surface area (Å²) in [5.41, 5.74) is -1.12. The van der Waals surface area contributed by atoms with Gasteiger partial charge >= 0.3 is 13.3 Å². The first kappa shape index (κ1) is 22.9. The molecule has 1 aliphatic rings. The van der Waals surface area contributed by atoms with Crippen LogP contribution in [0.5, 0.6) is 0 Å². The fourth-order valence-corrected chi connectivity index (χ4v) is 2.87. The first-order valence-corrected chi connectivity index (χ1v) is 9.09. The fourth-order valence-electron chi connectivity index (χ4n) is 2.87. The number of carbonyl (C=O) groups is 2. The van der Waals surface area contributed by atoms with E-state index in [1.165, 1.54) is 4.90 Å². The Bertz CT molecular complexity index is 718. The van der Waals surface area contributed by atoms with Crippen molar-refractivity contribution in [1.82, 2.24) is 20.8 Å². The van der Waals surface area contributed by atoms with Crippen LogP contribution in [0.4, 0.5) is 19.0 Å². The van der Waals surface area contributed by atoms with Crippen molar-refractivity contribution in [2.45, 2.75) is 44.8 Å². The molecule has 160 valence electrons. The molecule has 29 heavy (non-hydrogen) atoms. The molecule has 0 radical (unpaired) electrons. The summed E-state index contributed by atoms with van der Waals surface area (Å²) < 4.78 is 37.7. The lowest BCUT2D eigenvalue weighted by atomic mass is 9.75. The Labute approximate surface area is 165 Å². The summed E-state index contributed by atoms with van der Waals surface area (Å²) >= 11 is 0. The zero-order chi connectivity index (χ0) is 21.8. The Kier molecular flexibility index (Phi) is 7.41. The summed E-state index contributed by atoms with van der Waals surface area (Å²) in [5.74, 6) is -1.68. The van der Waals surface area contributed by atoms with Crippen LogP contribution in [0.15, 0.2) is 12.1 Å². The summed E-state index contributed by atoms with van der Waals surface area (Å²) in [6.07, 6.45) is -3.80. The van der Waals surface area contributed by atoms with E-state index >= 15 is 0 Å². The molecule has 0 bridgehead atoms. The summed E-state index contributed by atoms with van der Waals surface area (Å²) in [6.45, 7) is 3.76. The molecular weight excluding hydrogens is 394 g/mol. The minimum absolute atomic E-state index is 0.116. The zero-order valence-electron chi connectivity index (χ0n) is 16.0. The van der Waals surface area contributed by atoms with E-state index < -0.39 is 42.8 Å². The molecule has 4 N–H and O–H groups in total. The highest BCUT2D eigenvalue weighted by molar-refractivity contribution is 6.43. The third-order valence-corrected chi connectivity index (χ3v) is 4.41. The molecule has 2 atom stereocenters. The monoisotopic (exact) mass is 417 g/mol. The Morgan fingerprint density at radius 1 is 1.31 bits per heavy atom. The number of alkyl halides is 3. The van der Waals surface area contributed by atoms with Gasteiger partial charge in [-0.2, -0.15) is 13.2 Å². The molecule has 1 aliphatic heterocycles. The van der Waals surface area contributed by atoms with E-state index in [1.54, 1.807) is 0 Å². The van der Waals surface area contributed by atoms with Crippen molar-refractivity contribution >= 4 is 24.8 Å². The molecule has 1 saturated heterocycles. The van der Waals surface area contributed by atoms with Gasteiger partial charge in [-0.3, -0.25) is 9.59 Å². The summed E-state index contributed by atoms with van der Waals surface area (Å²) in [6, 6.07) is 1.25. The largest absolute Gasteiger partial charge is 0.475 e. The van der Waals surface area contributed by atoms with Gasteiger partial charge in [0, 0.05) is 6.54 Å². The first-order chi connectivity index (χ1) is 13.5. The Balaban J connectivity index is 1.87. The molecule has 0 saturated carbocycles. The van der Waals surface area contributed by atoms with Gasteiger partial charge in [-0.1, -0.05) is 13.8 Å². The highest BCUT2D eigenvalue weighted by atomic mass is 19.4. The maximum absolute atomic E-state index is 12.6. The van der Waals surface area contributed by atoms with E-state index in [9.17, 15) is 32.8 Å². The molecule has 1 aromatic heterocycles. The number of anilines is 1. The number of nitrogens with one attached hydrogen (secondary N) is 2. The van der Waals surface area contributed by atoms with Gasteiger partial charge in [0.05, 0.1) is 12.5 Å². The number of nitrogens with zero attached hydrogens (tertiary/aromatic N) is 3. The molecule has 13 heteroatoms. The van der Waals surface area contributed by atoms with Gasteiger partial charge in [0.1, 0.15) is 6.04 Å². The molecule has 0 aromatic carbocycles. The predicted molar refractivity (Wildman–Crippen MR) is 97.4 cm³/mol. The Hall–Kier alpha value is -2.41. The smallest absolute Gasteiger partial charge is 0.426 e. The number of carbonyl (C=O) groups excluding carboxylic acids is 2. The lowest BCUT2D eigenvalue weighted by molar-refractivity contribution is -0.141. The summed E-state index contributed by atoms with van der Waals surface area (Å²) in [5, 5.41) is 30.2. The maximum Gasteiger partial charge on any atom is 0.475 e. The standard InChI is InChI=1S/C16H23BF3N5O4/c1-9(2)7-12(17(28)29)22-14(26)8-21-15(27)10-5-6-25(10)13-4-3-11(23-24-13)16(18,19)20/h3-4,9-10,12,28-29H,5-8H2,1-2H3,(H,21,27)(H,22,26)/t10-,12+/m0/s1. The van der Waals surface area contributed by atoms with Gasteiger partial charge in [0.2, 0.25) is 11.8 Å². The van der Waals surface area contributed by atoms with Crippen LogP contribution in [-0.2, 0) is 15.8 Å². The Morgan fingerprint density at radius 3 is 2.45 bits per heavy atom. The fraction of sp³-hybridized carbons (Fsp3) is 0.625. The van der Waals surface area contributed by atoms with Crippen molar-refractivity contribution in [3.63, 3.8) is 0 Å². The lowest BCUT2D eigenvalue weighted by Gasteiger charge is -2.40. The Morgan fingerprint density at radius 2 is 2.00 bits per heavy atom. The van der Waals surface area contributed by atoms with Crippen molar-refractivity contribution < 1.29 is 32.8 Å². The molecule has 9 nitrogen and oxygen atoms in total. The maximum atomic E-state index is 12.6. The van der Waals surface area contributed by atoms with Gasteiger partial charge in [-0.05, 0) is 30.9 Å². The molecule has 2 heterocycles. The predicted octanol–water partition coefficient (Wildman–Crippen LogP) is -0.267. The second kappa shape index (κ2) is 9.40. The van der Waals surface area contributed by atoms with E-state index in [2.05, 4.69) is 20.8 Å². The number of rotatable bonds is 8. The second-order valence-electron chi connectivity index (χ2n) is 7.21. The molecule has 0 unspecified atom stereocenters. The van der Waals surface area contributed by atoms with E-state index in [0.717, 1.165) is 12.1 Å². The summed E-state index contributed by atoms with van der Waals surface area (Å²) in [4.78, 5) is 25.7. The topological polar surface area (TPSA) is 128 Å². The summed E-state index contributed by atoms with van der Waals surface area (Å²) in [7, 11) is -1.72. The van der Waals surface area contributed by atoms with Gasteiger partial charge in [0.15, 0.2) is 11.5 Å². The minimum Gasteiger partial charge on any atom is -0.426 e. The van der Waals surface area contributed by atoms with Crippen LogP contribution >= 0.6 is 0 Å². The number of halogens is 3. The van der Waals surface area contributed by atoms with Gasteiger partial charge in [-0.25, -0.2) is 0 Å². The third-order valence-electron chi connectivity index (χ3n) is 4.41. The number of hydrogen-bond donors (Lipinski definition) is 4. The van der Waals surface area contributed by atoms with Crippen molar-refractivity contribution in [1.29, 1.82) is 0 Å². The molecule has 1 fully saturated rings. The minimum atomic E-state index is -4.60. The van der Waals surface area contributed by atoms with Crippen LogP contribution in [-0.4, -0.2) is 64.3 Å². The normalized spacial score (nSPS) is 17.5. The van der Waals surface area contributed by atoms with Crippen LogP contribution in [0.25, 0.3) is 0 Å². The molecule has 2 rings (SSSR count). The van der Waals surface area contributed by atoms with Gasteiger partial charge in [-0.15, -0.1) is 10.2 Å². The highest BCUT2D eigenvalue weighted by Gasteiger charge is 2.37. The van der Waals surface area contributed by atoms with Crippen LogP contribution in [0.2, 0.25) is 0 Å². The van der Waals surface area contributed by atoms with Crippen LogP contribution in [0.3, 0.4) is 0 Å². The quantitative estimate of drug-likeness (QED) is 0.429.